The Hall–Kier alpha value is -3.27. The number of nitrogens with zero attached hydrogens (tertiary/aromatic N) is 3. The largest absolute Gasteiger partial charge is 0.403 e. The molecule has 8 nitrogen and oxygen atoms in total. The van der Waals surface area contributed by atoms with Crippen molar-refractivity contribution in [3.8, 4) is 0 Å². The van der Waals surface area contributed by atoms with Crippen LogP contribution in [0.3, 0.4) is 0 Å². The smallest absolute Gasteiger partial charge is 0.267 e. The molecule has 1 aromatic carbocycles. The number of halogens is 2. The summed E-state index contributed by atoms with van der Waals surface area (Å²) in [7, 11) is 0. The van der Waals surface area contributed by atoms with Crippen molar-refractivity contribution in [2.45, 2.75) is 25.3 Å². The molecule has 2 rings (SSSR count). The maximum atomic E-state index is 13.5. The lowest BCUT2D eigenvalue weighted by Gasteiger charge is -2.23. The van der Waals surface area contributed by atoms with Gasteiger partial charge in [0.15, 0.2) is 0 Å². The number of amides is 2. The quantitative estimate of drug-likeness (QED) is 0.263. The molecule has 0 radical (unpaired) electrons. The monoisotopic (exact) mass is 392 g/mol. The minimum atomic E-state index is -0.787. The number of benzene rings is 1. The molecule has 10 heteroatoms. The Labute approximate surface area is 160 Å². The van der Waals surface area contributed by atoms with Crippen molar-refractivity contribution in [1.82, 2.24) is 10.0 Å². The highest BCUT2D eigenvalue weighted by atomic mass is 19.1. The zero-order valence-electron chi connectivity index (χ0n) is 15.1. The lowest BCUT2D eigenvalue weighted by atomic mass is 10.0. The third-order valence-electron chi connectivity index (χ3n) is 4.16. The summed E-state index contributed by atoms with van der Waals surface area (Å²) in [5.41, 5.74) is 11.3. The molecule has 0 aliphatic carbocycles. The summed E-state index contributed by atoms with van der Waals surface area (Å²) in [5.74, 6) is 3.16. The number of rotatable bonds is 8. The Bertz CT molecular complexity index is 819. The minimum absolute atomic E-state index is 0.0521. The third-order valence-corrected chi connectivity index (χ3v) is 4.16. The Morgan fingerprint density at radius 3 is 2.50 bits per heavy atom. The molecule has 28 heavy (non-hydrogen) atoms. The molecule has 1 aliphatic rings. The van der Waals surface area contributed by atoms with Gasteiger partial charge in [0.1, 0.15) is 17.3 Å². The van der Waals surface area contributed by atoms with E-state index in [1.807, 2.05) is 0 Å². The van der Waals surface area contributed by atoms with E-state index in [0.29, 0.717) is 17.6 Å². The van der Waals surface area contributed by atoms with Gasteiger partial charge in [0, 0.05) is 31.3 Å². The average Bonchev–Trinajstić information content (AvgIpc) is 3.09. The normalized spacial score (nSPS) is 16.3. The molecule has 1 aliphatic heterocycles. The van der Waals surface area contributed by atoms with Gasteiger partial charge in [-0.3, -0.25) is 9.59 Å². The molecule has 1 atom stereocenters. The van der Waals surface area contributed by atoms with Crippen LogP contribution < -0.4 is 17.3 Å². The summed E-state index contributed by atoms with van der Waals surface area (Å²) < 4.78 is 27.0. The second kappa shape index (κ2) is 9.09. The first kappa shape index (κ1) is 21.0. The van der Waals surface area contributed by atoms with E-state index < -0.39 is 23.6 Å². The van der Waals surface area contributed by atoms with E-state index in [1.165, 1.54) is 23.4 Å². The van der Waals surface area contributed by atoms with Crippen LogP contribution in [-0.4, -0.2) is 34.6 Å². The lowest BCUT2D eigenvalue weighted by Crippen LogP contribution is -2.38. The molecular weight excluding hydrogens is 370 g/mol. The fraction of sp³-hybridized carbons (Fsp3) is 0.278. The standard InChI is InChI=1S/C18H22F2N6O2/c1-11(10-25(23)16(9-21)18(22)28)2-3-17(27)26-15(4-5-24-26)12-6-13(19)8-14(20)7-12/h5-9,15H,1-4,10,21,23H2,(H2,22,28)/b16-9-. The number of carbonyl (C=O) groups is 2. The molecule has 0 fully saturated rings. The van der Waals surface area contributed by atoms with Crippen molar-refractivity contribution in [2.75, 3.05) is 6.54 Å². The van der Waals surface area contributed by atoms with Crippen LogP contribution in [0.5, 0.6) is 0 Å². The molecule has 0 saturated carbocycles. The molecule has 1 aromatic rings. The van der Waals surface area contributed by atoms with Crippen molar-refractivity contribution in [2.24, 2.45) is 22.4 Å². The number of hydrazone groups is 1. The van der Waals surface area contributed by atoms with Crippen LogP contribution in [0.15, 0.2) is 47.3 Å². The van der Waals surface area contributed by atoms with Gasteiger partial charge in [-0.05, 0) is 24.1 Å². The zero-order chi connectivity index (χ0) is 20.8. The highest BCUT2D eigenvalue weighted by Crippen LogP contribution is 2.30. The van der Waals surface area contributed by atoms with Gasteiger partial charge >= 0.3 is 0 Å². The number of hydrogen-bond acceptors (Lipinski definition) is 6. The zero-order valence-corrected chi connectivity index (χ0v) is 15.1. The molecular formula is C18H22F2N6O2. The minimum Gasteiger partial charge on any atom is -0.403 e. The van der Waals surface area contributed by atoms with Crippen LogP contribution in [0.25, 0.3) is 0 Å². The van der Waals surface area contributed by atoms with E-state index in [4.69, 9.17) is 17.3 Å². The van der Waals surface area contributed by atoms with Crippen LogP contribution in [0.2, 0.25) is 0 Å². The first-order valence-corrected chi connectivity index (χ1v) is 8.44. The second-order valence-electron chi connectivity index (χ2n) is 6.28. The summed E-state index contributed by atoms with van der Waals surface area (Å²) >= 11 is 0. The summed E-state index contributed by atoms with van der Waals surface area (Å²) in [5, 5.41) is 6.27. The van der Waals surface area contributed by atoms with Crippen LogP contribution in [0.4, 0.5) is 8.78 Å². The van der Waals surface area contributed by atoms with Crippen molar-refractivity contribution in [1.29, 1.82) is 0 Å². The molecule has 6 N–H and O–H groups in total. The molecule has 0 bridgehead atoms. The predicted molar refractivity (Wildman–Crippen MR) is 99.8 cm³/mol. The molecule has 2 amide bonds. The van der Waals surface area contributed by atoms with Crippen LogP contribution in [0, 0.1) is 11.6 Å². The molecule has 0 saturated heterocycles. The van der Waals surface area contributed by atoms with E-state index in [2.05, 4.69) is 11.7 Å². The van der Waals surface area contributed by atoms with E-state index in [9.17, 15) is 18.4 Å². The fourth-order valence-electron chi connectivity index (χ4n) is 2.82. The molecule has 0 aromatic heterocycles. The maximum absolute atomic E-state index is 13.5. The topological polar surface area (TPSA) is 131 Å². The van der Waals surface area contributed by atoms with Crippen LogP contribution in [-0.2, 0) is 9.59 Å². The number of hydrazine groups is 1. The Balaban J connectivity index is 1.95. The van der Waals surface area contributed by atoms with E-state index in [0.717, 1.165) is 17.3 Å². The number of nitrogens with two attached hydrogens (primary N) is 3. The maximum Gasteiger partial charge on any atom is 0.267 e. The van der Waals surface area contributed by atoms with Gasteiger partial charge in [0.2, 0.25) is 5.91 Å². The van der Waals surface area contributed by atoms with Gasteiger partial charge in [-0.1, -0.05) is 12.2 Å². The number of carbonyl (C=O) groups excluding carboxylic acids is 2. The van der Waals surface area contributed by atoms with Crippen LogP contribution >= 0.6 is 0 Å². The Kier molecular flexibility index (Phi) is 6.83. The Morgan fingerprint density at radius 2 is 1.93 bits per heavy atom. The predicted octanol–water partition coefficient (Wildman–Crippen LogP) is 1.02. The summed E-state index contributed by atoms with van der Waals surface area (Å²) in [4.78, 5) is 23.7. The fourth-order valence-corrected chi connectivity index (χ4v) is 2.82. The SMILES string of the molecule is C=C(CCC(=O)N1N=CCC1c1cc(F)cc(F)c1)CN(N)/C(=C\N)C(N)=O. The number of hydrogen-bond donors (Lipinski definition) is 3. The van der Waals surface area contributed by atoms with Crippen molar-refractivity contribution in [3.05, 3.63) is 59.4 Å². The third kappa shape index (κ3) is 5.13. The van der Waals surface area contributed by atoms with E-state index in [-0.39, 0.29) is 31.0 Å². The highest BCUT2D eigenvalue weighted by molar-refractivity contribution is 5.91. The summed E-state index contributed by atoms with van der Waals surface area (Å²) in [6, 6.07) is 2.56. The molecule has 1 unspecified atom stereocenters. The van der Waals surface area contributed by atoms with Crippen molar-refractivity contribution >= 4 is 18.0 Å². The number of primary amides is 1. The van der Waals surface area contributed by atoms with Gasteiger partial charge in [-0.15, -0.1) is 0 Å². The van der Waals surface area contributed by atoms with Gasteiger partial charge in [0.05, 0.1) is 12.6 Å². The first-order valence-electron chi connectivity index (χ1n) is 8.44. The molecule has 0 spiro atoms. The second-order valence-corrected chi connectivity index (χ2v) is 6.28. The molecule has 1 heterocycles. The first-order chi connectivity index (χ1) is 13.2. The average molecular weight is 392 g/mol. The van der Waals surface area contributed by atoms with Crippen LogP contribution in [0.1, 0.15) is 30.9 Å². The van der Waals surface area contributed by atoms with E-state index >= 15 is 0 Å². The van der Waals surface area contributed by atoms with Crippen molar-refractivity contribution < 1.29 is 18.4 Å². The Morgan fingerprint density at radius 1 is 1.29 bits per heavy atom. The van der Waals surface area contributed by atoms with Gasteiger partial charge in [-0.25, -0.2) is 19.6 Å². The van der Waals surface area contributed by atoms with E-state index in [1.54, 1.807) is 0 Å². The highest BCUT2D eigenvalue weighted by Gasteiger charge is 2.28. The lowest BCUT2D eigenvalue weighted by molar-refractivity contribution is -0.133. The molecule has 150 valence electrons. The van der Waals surface area contributed by atoms with Crippen molar-refractivity contribution in [3.63, 3.8) is 0 Å². The van der Waals surface area contributed by atoms with Gasteiger partial charge in [-0.2, -0.15) is 5.10 Å². The summed E-state index contributed by atoms with van der Waals surface area (Å²) in [6.07, 6.45) is 3.18. The summed E-state index contributed by atoms with van der Waals surface area (Å²) in [6.45, 7) is 3.89. The van der Waals surface area contributed by atoms with Gasteiger partial charge in [0.25, 0.3) is 5.91 Å². The van der Waals surface area contributed by atoms with Gasteiger partial charge < -0.3 is 16.5 Å².